The van der Waals surface area contributed by atoms with Gasteiger partial charge < -0.3 is 10.1 Å². The molecule has 0 spiro atoms. The highest BCUT2D eigenvalue weighted by Gasteiger charge is 2.16. The summed E-state index contributed by atoms with van der Waals surface area (Å²) in [4.78, 5) is 0. The predicted octanol–water partition coefficient (Wildman–Crippen LogP) is 5.20. The summed E-state index contributed by atoms with van der Waals surface area (Å²) in [6.07, 6.45) is 0.157. The molecule has 0 bridgehead atoms. The van der Waals surface area contributed by atoms with E-state index in [1.165, 1.54) is 0 Å². The summed E-state index contributed by atoms with van der Waals surface area (Å²) in [5.74, 6) is 0.871. The summed E-state index contributed by atoms with van der Waals surface area (Å²) in [5, 5.41) is 4.06. The van der Waals surface area contributed by atoms with Crippen molar-refractivity contribution in [2.75, 3.05) is 7.05 Å². The molecule has 1 atom stereocenters. The third-order valence-electron chi connectivity index (χ3n) is 3.13. The normalized spacial score (nSPS) is 12.5. The van der Waals surface area contributed by atoms with Crippen LogP contribution >= 0.6 is 27.5 Å². The molecular weight excluding hydrogens is 350 g/mol. The standard InChI is InChI=1S/C17H19BrClNO/c1-11(2)21-14-6-4-5-12(9-14)17(20-3)15-8-7-13(18)10-16(15)19/h4-11,17,20H,1-3H3. The van der Waals surface area contributed by atoms with E-state index in [2.05, 4.69) is 33.4 Å². The highest BCUT2D eigenvalue weighted by Crippen LogP contribution is 2.31. The summed E-state index contributed by atoms with van der Waals surface area (Å²) >= 11 is 9.81. The van der Waals surface area contributed by atoms with Crippen LogP contribution in [0.5, 0.6) is 5.75 Å². The smallest absolute Gasteiger partial charge is 0.120 e. The third-order valence-corrected chi connectivity index (χ3v) is 3.95. The number of rotatable bonds is 5. The number of hydrogen-bond acceptors (Lipinski definition) is 2. The minimum absolute atomic E-state index is 0.0290. The Hall–Kier alpha value is -1.03. The van der Waals surface area contributed by atoms with Gasteiger partial charge in [-0.3, -0.25) is 0 Å². The van der Waals surface area contributed by atoms with E-state index >= 15 is 0 Å². The van der Waals surface area contributed by atoms with Crippen molar-refractivity contribution in [3.8, 4) is 5.75 Å². The Bertz CT molecular complexity index is 615. The second-order valence-electron chi connectivity index (χ2n) is 5.13. The number of hydrogen-bond donors (Lipinski definition) is 1. The number of halogens is 2. The molecule has 2 aromatic carbocycles. The van der Waals surface area contributed by atoms with Crippen LogP contribution in [0.25, 0.3) is 0 Å². The molecule has 1 N–H and O–H groups in total. The topological polar surface area (TPSA) is 21.3 Å². The number of ether oxygens (including phenoxy) is 1. The maximum Gasteiger partial charge on any atom is 0.120 e. The lowest BCUT2D eigenvalue weighted by Crippen LogP contribution is -2.18. The van der Waals surface area contributed by atoms with E-state index in [1.807, 2.05) is 51.2 Å². The van der Waals surface area contributed by atoms with Gasteiger partial charge in [-0.2, -0.15) is 0 Å². The molecule has 0 aliphatic carbocycles. The Balaban J connectivity index is 2.37. The fraction of sp³-hybridized carbons (Fsp3) is 0.294. The fourth-order valence-electron chi connectivity index (χ4n) is 2.28. The van der Waals surface area contributed by atoms with Crippen LogP contribution in [0.15, 0.2) is 46.9 Å². The van der Waals surface area contributed by atoms with E-state index in [-0.39, 0.29) is 12.1 Å². The van der Waals surface area contributed by atoms with Crippen LogP contribution in [0, 0.1) is 0 Å². The van der Waals surface area contributed by atoms with Gasteiger partial charge in [0.05, 0.1) is 12.1 Å². The van der Waals surface area contributed by atoms with Crippen LogP contribution in [0.3, 0.4) is 0 Å². The molecule has 112 valence electrons. The molecular formula is C17H19BrClNO. The summed E-state index contributed by atoms with van der Waals surface area (Å²) in [6.45, 7) is 4.04. The van der Waals surface area contributed by atoms with Gasteiger partial charge in [0.2, 0.25) is 0 Å². The first-order chi connectivity index (χ1) is 10.0. The molecule has 0 radical (unpaired) electrons. The minimum Gasteiger partial charge on any atom is -0.491 e. The van der Waals surface area contributed by atoms with Crippen molar-refractivity contribution in [1.29, 1.82) is 0 Å². The predicted molar refractivity (Wildman–Crippen MR) is 92.3 cm³/mol. The van der Waals surface area contributed by atoms with Gasteiger partial charge in [0.25, 0.3) is 0 Å². The molecule has 1 unspecified atom stereocenters. The highest BCUT2D eigenvalue weighted by molar-refractivity contribution is 9.10. The molecule has 0 aliphatic heterocycles. The highest BCUT2D eigenvalue weighted by atomic mass is 79.9. The largest absolute Gasteiger partial charge is 0.491 e. The zero-order valence-corrected chi connectivity index (χ0v) is 14.7. The molecule has 0 aliphatic rings. The van der Waals surface area contributed by atoms with Crippen LogP contribution in [-0.2, 0) is 0 Å². The SMILES string of the molecule is CNC(c1cccc(OC(C)C)c1)c1ccc(Br)cc1Cl. The van der Waals surface area contributed by atoms with E-state index < -0.39 is 0 Å². The lowest BCUT2D eigenvalue weighted by atomic mass is 9.98. The molecule has 2 aromatic rings. The molecule has 0 heterocycles. The van der Waals surface area contributed by atoms with Gasteiger partial charge in [0, 0.05) is 9.50 Å². The second kappa shape index (κ2) is 7.30. The van der Waals surface area contributed by atoms with Crippen LogP contribution in [0.2, 0.25) is 5.02 Å². The number of nitrogens with one attached hydrogen (secondary N) is 1. The van der Waals surface area contributed by atoms with Gasteiger partial charge >= 0.3 is 0 Å². The first-order valence-electron chi connectivity index (χ1n) is 6.90. The van der Waals surface area contributed by atoms with Gasteiger partial charge in [-0.15, -0.1) is 0 Å². The van der Waals surface area contributed by atoms with Crippen LogP contribution in [0.1, 0.15) is 31.0 Å². The van der Waals surface area contributed by atoms with Gasteiger partial charge in [-0.05, 0) is 56.3 Å². The Morgan fingerprint density at radius 2 is 1.90 bits per heavy atom. The molecule has 0 saturated heterocycles. The average Bonchev–Trinajstić information content (AvgIpc) is 2.41. The van der Waals surface area contributed by atoms with Crippen molar-refractivity contribution < 1.29 is 4.74 Å². The monoisotopic (exact) mass is 367 g/mol. The Morgan fingerprint density at radius 1 is 1.14 bits per heavy atom. The molecule has 2 rings (SSSR count). The zero-order valence-electron chi connectivity index (χ0n) is 12.4. The van der Waals surface area contributed by atoms with E-state index in [9.17, 15) is 0 Å². The van der Waals surface area contributed by atoms with E-state index in [1.54, 1.807) is 0 Å². The molecule has 2 nitrogen and oxygen atoms in total. The number of benzene rings is 2. The first-order valence-corrected chi connectivity index (χ1v) is 8.07. The van der Waals surface area contributed by atoms with E-state index in [0.717, 1.165) is 26.4 Å². The zero-order chi connectivity index (χ0) is 15.4. The van der Waals surface area contributed by atoms with Crippen molar-refractivity contribution in [1.82, 2.24) is 5.32 Å². The quantitative estimate of drug-likeness (QED) is 0.783. The molecule has 0 aromatic heterocycles. The Morgan fingerprint density at radius 3 is 2.52 bits per heavy atom. The molecule has 0 saturated carbocycles. The van der Waals surface area contributed by atoms with E-state index in [0.29, 0.717) is 0 Å². The van der Waals surface area contributed by atoms with Crippen LogP contribution in [0.4, 0.5) is 0 Å². The summed E-state index contributed by atoms with van der Waals surface area (Å²) < 4.78 is 6.74. The van der Waals surface area contributed by atoms with Gasteiger partial charge in [-0.1, -0.05) is 45.7 Å². The first kappa shape index (κ1) is 16.3. The van der Waals surface area contributed by atoms with Crippen molar-refractivity contribution in [2.45, 2.75) is 26.0 Å². The maximum atomic E-state index is 6.38. The minimum atomic E-state index is 0.0290. The Labute approximate surface area is 139 Å². The van der Waals surface area contributed by atoms with Gasteiger partial charge in [-0.25, -0.2) is 0 Å². The molecule has 0 fully saturated rings. The fourth-order valence-corrected chi connectivity index (χ4v) is 3.06. The van der Waals surface area contributed by atoms with Crippen molar-refractivity contribution in [3.63, 3.8) is 0 Å². The van der Waals surface area contributed by atoms with Crippen LogP contribution in [-0.4, -0.2) is 13.2 Å². The third kappa shape index (κ3) is 4.22. The van der Waals surface area contributed by atoms with Crippen LogP contribution < -0.4 is 10.1 Å². The van der Waals surface area contributed by atoms with Crippen molar-refractivity contribution in [2.24, 2.45) is 0 Å². The summed E-state index contributed by atoms with van der Waals surface area (Å²) in [7, 11) is 1.93. The van der Waals surface area contributed by atoms with Crippen molar-refractivity contribution in [3.05, 3.63) is 63.1 Å². The molecule has 0 amide bonds. The Kier molecular flexibility index (Phi) is 5.68. The van der Waals surface area contributed by atoms with Crippen molar-refractivity contribution >= 4 is 27.5 Å². The molecule has 4 heteroatoms. The van der Waals surface area contributed by atoms with E-state index in [4.69, 9.17) is 16.3 Å². The second-order valence-corrected chi connectivity index (χ2v) is 6.45. The lowest BCUT2D eigenvalue weighted by Gasteiger charge is -2.20. The summed E-state index contributed by atoms with van der Waals surface area (Å²) in [5.41, 5.74) is 2.17. The maximum absolute atomic E-state index is 6.38. The van der Waals surface area contributed by atoms with Gasteiger partial charge in [0.15, 0.2) is 0 Å². The van der Waals surface area contributed by atoms with Gasteiger partial charge in [0.1, 0.15) is 5.75 Å². The average molecular weight is 369 g/mol. The summed E-state index contributed by atoms with van der Waals surface area (Å²) in [6, 6.07) is 14.1. The lowest BCUT2D eigenvalue weighted by molar-refractivity contribution is 0.242. The molecule has 21 heavy (non-hydrogen) atoms.